The quantitative estimate of drug-likeness (QED) is 0.409. The molecule has 0 spiro atoms. The SMILES string of the molecule is FOF.[Al].[K]. The molecule has 0 aliphatic rings. The first-order chi connectivity index (χ1) is 1.41. The van der Waals surface area contributed by atoms with Gasteiger partial charge >= 0.3 is 0 Å². The monoisotopic (exact) mass is 120 g/mol. The fourth-order valence-corrected chi connectivity index (χ4v) is 0. The van der Waals surface area contributed by atoms with Crippen LogP contribution in [-0.2, 0) is 5.15 Å². The van der Waals surface area contributed by atoms with E-state index in [-0.39, 0.29) is 68.7 Å². The van der Waals surface area contributed by atoms with Gasteiger partial charge in [0, 0.05) is 73.9 Å². The van der Waals surface area contributed by atoms with Crippen LogP contribution in [0.1, 0.15) is 0 Å². The molecule has 0 aromatic heterocycles. The Hall–Kier alpha value is 1.99. The van der Waals surface area contributed by atoms with Crippen molar-refractivity contribution in [2.75, 3.05) is 0 Å². The molecule has 0 aromatic rings. The molecular weight excluding hydrogens is 120 g/mol. The minimum Gasteiger partial charge on any atom is -0.0104 e. The van der Waals surface area contributed by atoms with Crippen molar-refractivity contribution < 1.29 is 14.2 Å². The average Bonchev–Trinajstić information content (AvgIpc) is 0.918. The van der Waals surface area contributed by atoms with Gasteiger partial charge in [-0.1, -0.05) is 0 Å². The molecule has 0 unspecified atom stereocenters. The van der Waals surface area contributed by atoms with Gasteiger partial charge in [-0.3, -0.25) is 0 Å². The van der Waals surface area contributed by atoms with Crippen molar-refractivity contribution in [3.05, 3.63) is 0 Å². The Balaban J connectivity index is -0.0000000200. The maximum Gasteiger partial charge on any atom is 0.0209 e. The smallest absolute Gasteiger partial charge is 0.0104 e. The minimum atomic E-state index is 0. The van der Waals surface area contributed by atoms with E-state index in [1.165, 1.54) is 5.15 Å². The third-order valence-electron chi connectivity index (χ3n) is 0. The van der Waals surface area contributed by atoms with Crippen LogP contribution < -0.4 is 0 Å². The summed E-state index contributed by atoms with van der Waals surface area (Å²) >= 11 is 0. The fourth-order valence-electron chi connectivity index (χ4n) is 0. The first-order valence-electron chi connectivity index (χ1n) is 0.309. The molecule has 0 aromatic carbocycles. The molecule has 1 nitrogen and oxygen atoms in total. The Bertz CT molecular complexity index is 9.61. The molecule has 0 N–H and O–H groups in total. The Kier molecular flexibility index (Phi) is 52.6. The van der Waals surface area contributed by atoms with Crippen LogP contribution in [0.2, 0.25) is 0 Å². The number of hydrogen-bond acceptors (Lipinski definition) is 1. The predicted molar refractivity (Wildman–Crippen MR) is 14.8 cm³/mol. The summed E-state index contributed by atoms with van der Waals surface area (Å²) in [6.45, 7) is 0. The second-order valence-electron chi connectivity index (χ2n) is 0.0583. The first kappa shape index (κ1) is 15.8. The van der Waals surface area contributed by atoms with Crippen molar-refractivity contribution in [3.63, 3.8) is 0 Å². The molecule has 0 fully saturated rings. The molecule has 24 valence electrons. The van der Waals surface area contributed by atoms with Crippen LogP contribution in [0.3, 0.4) is 0 Å². The van der Waals surface area contributed by atoms with E-state index in [9.17, 15) is 0 Å². The van der Waals surface area contributed by atoms with E-state index in [2.05, 4.69) is 0 Å². The van der Waals surface area contributed by atoms with Crippen LogP contribution in [0.25, 0.3) is 0 Å². The summed E-state index contributed by atoms with van der Waals surface area (Å²) in [6.07, 6.45) is 0. The standard InChI is InChI=1S/Al.F2O.K/c;1-3-2;. The van der Waals surface area contributed by atoms with Crippen LogP contribution in [0.15, 0.2) is 0 Å². The molecule has 5 heavy (non-hydrogen) atoms. The molecule has 0 bridgehead atoms. The second-order valence-corrected chi connectivity index (χ2v) is 0.0583. The Labute approximate surface area is 81.4 Å². The van der Waals surface area contributed by atoms with E-state index < -0.39 is 0 Å². The van der Waals surface area contributed by atoms with Gasteiger partial charge in [0.25, 0.3) is 0 Å². The van der Waals surface area contributed by atoms with Gasteiger partial charge in [-0.15, -0.1) is 0 Å². The van der Waals surface area contributed by atoms with Crippen LogP contribution in [-0.4, -0.2) is 68.7 Å². The number of hydrogen-bond donors (Lipinski definition) is 0. The third kappa shape index (κ3) is 24.1. The summed E-state index contributed by atoms with van der Waals surface area (Å²) in [6, 6.07) is 0. The topological polar surface area (TPSA) is 9.23 Å². The van der Waals surface area contributed by atoms with E-state index >= 15 is 0 Å². The van der Waals surface area contributed by atoms with Crippen molar-refractivity contribution in [2.45, 2.75) is 0 Å². The third-order valence-corrected chi connectivity index (χ3v) is 0. The van der Waals surface area contributed by atoms with Crippen molar-refractivity contribution in [3.8, 4) is 0 Å². The molecule has 5 heteroatoms. The maximum atomic E-state index is 9.12. The zero-order valence-electron chi connectivity index (χ0n) is 2.74. The van der Waals surface area contributed by atoms with Crippen molar-refractivity contribution in [1.29, 1.82) is 0 Å². The van der Waals surface area contributed by atoms with E-state index in [4.69, 9.17) is 9.05 Å². The van der Waals surface area contributed by atoms with Gasteiger partial charge < -0.3 is 0 Å². The van der Waals surface area contributed by atoms with Gasteiger partial charge in [-0.25, -0.2) is 0 Å². The maximum absolute atomic E-state index is 9.12. The number of halogens is 2. The van der Waals surface area contributed by atoms with Crippen LogP contribution in [0.5, 0.6) is 0 Å². The largest absolute Gasteiger partial charge is 0.0209 e. The van der Waals surface area contributed by atoms with E-state index in [1.54, 1.807) is 0 Å². The molecule has 0 saturated carbocycles. The summed E-state index contributed by atoms with van der Waals surface area (Å²) in [5.74, 6) is 0. The molecule has 0 atom stereocenters. The van der Waals surface area contributed by atoms with Crippen LogP contribution in [0, 0.1) is 0 Å². The molecule has 0 heterocycles. The molecule has 0 aliphatic heterocycles. The summed E-state index contributed by atoms with van der Waals surface area (Å²) in [5, 5.41) is 1.25. The zero-order chi connectivity index (χ0) is 2.71. The molecule has 0 amide bonds. The van der Waals surface area contributed by atoms with E-state index in [1.807, 2.05) is 0 Å². The number of rotatable bonds is 0. The van der Waals surface area contributed by atoms with Gasteiger partial charge in [0.05, 0.1) is 0 Å². The summed E-state index contributed by atoms with van der Waals surface area (Å²) in [4.78, 5) is 0. The van der Waals surface area contributed by atoms with Gasteiger partial charge in [-0.05, 0) is 9.05 Å². The molecule has 4 radical (unpaired) electrons. The molecule has 0 rings (SSSR count). The fraction of sp³-hybridized carbons (Fsp3) is 0. The van der Waals surface area contributed by atoms with Gasteiger partial charge in [0.15, 0.2) is 0 Å². The Morgan fingerprint density at radius 1 is 1.20 bits per heavy atom. The van der Waals surface area contributed by atoms with Crippen LogP contribution in [0.4, 0.5) is 9.05 Å². The second kappa shape index (κ2) is 16.7. The van der Waals surface area contributed by atoms with Crippen molar-refractivity contribution in [1.82, 2.24) is 0 Å². The van der Waals surface area contributed by atoms with E-state index in [0.29, 0.717) is 0 Å². The first-order valence-corrected chi connectivity index (χ1v) is 0.309. The van der Waals surface area contributed by atoms with E-state index in [0.717, 1.165) is 0 Å². The summed E-state index contributed by atoms with van der Waals surface area (Å²) < 4.78 is 18.2. The summed E-state index contributed by atoms with van der Waals surface area (Å²) in [5.41, 5.74) is 0. The van der Waals surface area contributed by atoms with Crippen molar-refractivity contribution in [2.24, 2.45) is 0 Å². The average molecular weight is 120 g/mol. The zero-order valence-corrected chi connectivity index (χ0v) is 7.02. The van der Waals surface area contributed by atoms with Gasteiger partial charge in [0.1, 0.15) is 0 Å². The molecular formula is AlF2KO. The van der Waals surface area contributed by atoms with Crippen molar-refractivity contribution >= 4 is 68.7 Å². The molecule has 0 aliphatic carbocycles. The summed E-state index contributed by atoms with van der Waals surface area (Å²) in [7, 11) is 0. The minimum absolute atomic E-state index is 0. The van der Waals surface area contributed by atoms with Crippen LogP contribution >= 0.6 is 0 Å². The predicted octanol–water partition coefficient (Wildman–Crippen LogP) is 0.0104. The van der Waals surface area contributed by atoms with Gasteiger partial charge in [0.2, 0.25) is 0 Å². The molecule has 0 saturated heterocycles. The Morgan fingerprint density at radius 2 is 1.20 bits per heavy atom. The normalized spacial score (nSPS) is 3.60. The Morgan fingerprint density at radius 3 is 1.20 bits per heavy atom. The van der Waals surface area contributed by atoms with Gasteiger partial charge in [-0.2, -0.15) is 0 Å².